The van der Waals surface area contributed by atoms with E-state index in [-0.39, 0.29) is 11.7 Å². The standard InChI is InChI=1S/C17H20N2O3/c1-2-18-16(15(21)12-6-4-3-5-7-12)19-17(22)13-8-10-14(20)11-9-13/h3-11,15-16,18,20-21H,2H2,1H3,(H,19,22). The molecule has 1 amide bonds. The van der Waals surface area contributed by atoms with Gasteiger partial charge in [-0.05, 0) is 36.4 Å². The summed E-state index contributed by atoms with van der Waals surface area (Å²) in [5.74, 6) is -0.218. The highest BCUT2D eigenvalue weighted by Gasteiger charge is 2.22. The molecule has 2 unspecified atom stereocenters. The molecule has 0 bridgehead atoms. The summed E-state index contributed by atoms with van der Waals surface area (Å²) >= 11 is 0. The first kappa shape index (κ1) is 16.0. The summed E-state index contributed by atoms with van der Waals surface area (Å²) in [5.41, 5.74) is 1.14. The molecule has 5 heteroatoms. The number of likely N-dealkylation sites (N-methyl/N-ethyl adjacent to an activating group) is 1. The highest BCUT2D eigenvalue weighted by atomic mass is 16.3. The van der Waals surface area contributed by atoms with Gasteiger partial charge in [0, 0.05) is 5.56 Å². The third kappa shape index (κ3) is 4.07. The fraction of sp³-hybridized carbons (Fsp3) is 0.235. The van der Waals surface area contributed by atoms with Crippen molar-refractivity contribution in [3.8, 4) is 5.75 Å². The molecule has 0 fully saturated rings. The van der Waals surface area contributed by atoms with E-state index in [1.807, 2.05) is 37.3 Å². The van der Waals surface area contributed by atoms with E-state index >= 15 is 0 Å². The van der Waals surface area contributed by atoms with Crippen LogP contribution in [0.5, 0.6) is 5.75 Å². The Morgan fingerprint density at radius 2 is 1.73 bits per heavy atom. The topological polar surface area (TPSA) is 81.6 Å². The first-order valence-corrected chi connectivity index (χ1v) is 7.18. The number of hydrogen-bond acceptors (Lipinski definition) is 4. The van der Waals surface area contributed by atoms with Gasteiger partial charge in [0.2, 0.25) is 0 Å². The normalized spacial score (nSPS) is 13.4. The fourth-order valence-electron chi connectivity index (χ4n) is 2.14. The van der Waals surface area contributed by atoms with Gasteiger partial charge in [-0.1, -0.05) is 37.3 Å². The molecule has 2 aromatic carbocycles. The number of benzene rings is 2. The molecule has 0 aliphatic rings. The summed E-state index contributed by atoms with van der Waals surface area (Å²) in [6.45, 7) is 2.50. The minimum Gasteiger partial charge on any atom is -0.508 e. The molecule has 0 saturated heterocycles. The van der Waals surface area contributed by atoms with Crippen molar-refractivity contribution in [3.05, 3.63) is 65.7 Å². The molecule has 2 aromatic rings. The molecular formula is C17H20N2O3. The van der Waals surface area contributed by atoms with Gasteiger partial charge < -0.3 is 15.5 Å². The smallest absolute Gasteiger partial charge is 0.252 e. The predicted molar refractivity (Wildman–Crippen MR) is 84.4 cm³/mol. The van der Waals surface area contributed by atoms with Crippen molar-refractivity contribution in [3.63, 3.8) is 0 Å². The van der Waals surface area contributed by atoms with Crippen LogP contribution in [0.3, 0.4) is 0 Å². The van der Waals surface area contributed by atoms with Crippen LogP contribution < -0.4 is 10.6 Å². The van der Waals surface area contributed by atoms with Crippen molar-refractivity contribution >= 4 is 5.91 Å². The van der Waals surface area contributed by atoms with Crippen molar-refractivity contribution in [2.24, 2.45) is 0 Å². The molecule has 2 rings (SSSR count). The number of nitrogens with one attached hydrogen (secondary N) is 2. The summed E-state index contributed by atoms with van der Waals surface area (Å²) in [6, 6.07) is 15.1. The summed E-state index contributed by atoms with van der Waals surface area (Å²) in [5, 5.41) is 25.5. The van der Waals surface area contributed by atoms with Crippen LogP contribution in [0.15, 0.2) is 54.6 Å². The maximum absolute atomic E-state index is 12.2. The summed E-state index contributed by atoms with van der Waals surface area (Å²) < 4.78 is 0. The lowest BCUT2D eigenvalue weighted by molar-refractivity contribution is 0.0784. The molecule has 0 spiro atoms. The molecule has 2 atom stereocenters. The quantitative estimate of drug-likeness (QED) is 0.613. The van der Waals surface area contributed by atoms with Gasteiger partial charge in [0.15, 0.2) is 0 Å². The van der Waals surface area contributed by atoms with Crippen molar-refractivity contribution in [1.29, 1.82) is 0 Å². The van der Waals surface area contributed by atoms with Crippen LogP contribution in [0.2, 0.25) is 0 Å². The Morgan fingerprint density at radius 3 is 2.32 bits per heavy atom. The van der Waals surface area contributed by atoms with Crippen LogP contribution in [0.1, 0.15) is 28.9 Å². The molecule has 22 heavy (non-hydrogen) atoms. The molecule has 0 heterocycles. The Balaban J connectivity index is 2.11. The Morgan fingerprint density at radius 1 is 1.09 bits per heavy atom. The summed E-state index contributed by atoms with van der Waals surface area (Å²) in [6.07, 6.45) is -1.46. The number of aliphatic hydroxyl groups is 1. The van der Waals surface area contributed by atoms with Crippen LogP contribution in [-0.2, 0) is 0 Å². The van der Waals surface area contributed by atoms with E-state index in [2.05, 4.69) is 10.6 Å². The second kappa shape index (κ2) is 7.59. The number of carbonyl (C=O) groups is 1. The lowest BCUT2D eigenvalue weighted by Crippen LogP contribution is -2.49. The van der Waals surface area contributed by atoms with Gasteiger partial charge in [0.25, 0.3) is 5.91 Å². The lowest BCUT2D eigenvalue weighted by atomic mass is 10.1. The van der Waals surface area contributed by atoms with Crippen LogP contribution in [0, 0.1) is 0 Å². The zero-order valence-corrected chi connectivity index (χ0v) is 12.4. The average molecular weight is 300 g/mol. The third-order valence-electron chi connectivity index (χ3n) is 3.30. The van der Waals surface area contributed by atoms with Gasteiger partial charge in [-0.2, -0.15) is 0 Å². The van der Waals surface area contributed by atoms with Gasteiger partial charge in [0.05, 0.1) is 0 Å². The third-order valence-corrected chi connectivity index (χ3v) is 3.30. The van der Waals surface area contributed by atoms with E-state index < -0.39 is 12.3 Å². The largest absolute Gasteiger partial charge is 0.508 e. The van der Waals surface area contributed by atoms with Gasteiger partial charge >= 0.3 is 0 Å². The number of aliphatic hydroxyl groups excluding tert-OH is 1. The minimum absolute atomic E-state index is 0.101. The van der Waals surface area contributed by atoms with Crippen molar-refractivity contribution in [1.82, 2.24) is 10.6 Å². The Labute approximate surface area is 129 Å². The van der Waals surface area contributed by atoms with Gasteiger partial charge in [-0.25, -0.2) is 0 Å². The first-order chi connectivity index (χ1) is 10.6. The van der Waals surface area contributed by atoms with E-state index in [0.717, 1.165) is 5.56 Å². The lowest BCUT2D eigenvalue weighted by Gasteiger charge is -2.25. The van der Waals surface area contributed by atoms with Crippen LogP contribution in [-0.4, -0.2) is 28.8 Å². The van der Waals surface area contributed by atoms with Gasteiger partial charge in [-0.15, -0.1) is 0 Å². The van der Waals surface area contributed by atoms with Crippen LogP contribution in [0.25, 0.3) is 0 Å². The Bertz CT molecular complexity index is 599. The zero-order valence-electron chi connectivity index (χ0n) is 12.4. The predicted octanol–water partition coefficient (Wildman–Crippen LogP) is 1.79. The first-order valence-electron chi connectivity index (χ1n) is 7.18. The van der Waals surface area contributed by atoms with Crippen molar-refractivity contribution < 1.29 is 15.0 Å². The van der Waals surface area contributed by atoms with E-state index in [9.17, 15) is 15.0 Å². The number of aromatic hydroxyl groups is 1. The monoisotopic (exact) mass is 300 g/mol. The fourth-order valence-corrected chi connectivity index (χ4v) is 2.14. The number of phenols is 1. The van der Waals surface area contributed by atoms with E-state index in [4.69, 9.17) is 0 Å². The SMILES string of the molecule is CCNC(NC(=O)c1ccc(O)cc1)C(O)c1ccccc1. The number of carbonyl (C=O) groups excluding carboxylic acids is 1. The van der Waals surface area contributed by atoms with Crippen LogP contribution in [0.4, 0.5) is 0 Å². The Kier molecular flexibility index (Phi) is 5.52. The summed E-state index contributed by atoms with van der Waals surface area (Å²) in [4.78, 5) is 12.2. The molecule has 0 saturated carbocycles. The number of phenolic OH excluding ortho intramolecular Hbond substituents is 1. The number of amides is 1. The molecule has 0 radical (unpaired) electrons. The number of rotatable bonds is 6. The molecule has 4 N–H and O–H groups in total. The maximum Gasteiger partial charge on any atom is 0.252 e. The average Bonchev–Trinajstić information content (AvgIpc) is 2.55. The zero-order chi connectivity index (χ0) is 15.9. The number of hydrogen-bond donors (Lipinski definition) is 4. The van der Waals surface area contributed by atoms with Gasteiger partial charge in [0.1, 0.15) is 18.0 Å². The van der Waals surface area contributed by atoms with Crippen molar-refractivity contribution in [2.75, 3.05) is 6.54 Å². The molecule has 116 valence electrons. The highest BCUT2D eigenvalue weighted by molar-refractivity contribution is 5.94. The molecule has 0 aromatic heterocycles. The second-order valence-electron chi connectivity index (χ2n) is 4.91. The van der Waals surface area contributed by atoms with Gasteiger partial charge in [-0.3, -0.25) is 10.1 Å². The molecule has 5 nitrogen and oxygen atoms in total. The van der Waals surface area contributed by atoms with E-state index in [1.165, 1.54) is 24.3 Å². The minimum atomic E-state index is -0.859. The molecular weight excluding hydrogens is 280 g/mol. The Hall–Kier alpha value is -2.37. The van der Waals surface area contributed by atoms with Crippen LogP contribution >= 0.6 is 0 Å². The molecule has 0 aliphatic carbocycles. The van der Waals surface area contributed by atoms with Crippen molar-refractivity contribution in [2.45, 2.75) is 19.2 Å². The molecule has 0 aliphatic heterocycles. The summed E-state index contributed by atoms with van der Waals surface area (Å²) in [7, 11) is 0. The second-order valence-corrected chi connectivity index (χ2v) is 4.91. The highest BCUT2D eigenvalue weighted by Crippen LogP contribution is 2.16. The maximum atomic E-state index is 12.2. The van der Waals surface area contributed by atoms with E-state index in [1.54, 1.807) is 0 Å². The van der Waals surface area contributed by atoms with E-state index in [0.29, 0.717) is 12.1 Å².